The Bertz CT molecular complexity index is 712. The largest absolute Gasteiger partial charge is 0.417 e. The summed E-state index contributed by atoms with van der Waals surface area (Å²) in [5.74, 6) is -0.273. The Hall–Kier alpha value is -1.75. The van der Waals surface area contributed by atoms with Gasteiger partial charge in [0.25, 0.3) is 0 Å². The van der Waals surface area contributed by atoms with Crippen LogP contribution in [0.1, 0.15) is 16.7 Å². The minimum absolute atomic E-state index is 0.273. The normalized spacial score (nSPS) is 14.9. The Morgan fingerprint density at radius 2 is 1.77 bits per heavy atom. The first-order valence-corrected chi connectivity index (χ1v) is 7.11. The molecule has 0 atom stereocenters. The van der Waals surface area contributed by atoms with E-state index in [0.29, 0.717) is 25.2 Å². The molecule has 2 aromatic carbocycles. The molecule has 1 aliphatic heterocycles. The lowest BCUT2D eigenvalue weighted by Gasteiger charge is -2.31. The fraction of sp³-hybridized carbons (Fsp3) is 0.250. The molecule has 116 valence electrons. The van der Waals surface area contributed by atoms with E-state index in [1.54, 1.807) is 6.07 Å². The minimum Gasteiger partial charge on any atom is -0.367 e. The number of halogens is 5. The van der Waals surface area contributed by atoms with Crippen LogP contribution >= 0.6 is 11.6 Å². The molecule has 0 aromatic heterocycles. The third-order valence-corrected chi connectivity index (χ3v) is 4.12. The predicted molar refractivity (Wildman–Crippen MR) is 77.6 cm³/mol. The van der Waals surface area contributed by atoms with Crippen molar-refractivity contribution in [2.75, 3.05) is 11.4 Å². The van der Waals surface area contributed by atoms with Gasteiger partial charge < -0.3 is 4.90 Å². The first-order chi connectivity index (χ1) is 10.3. The summed E-state index contributed by atoms with van der Waals surface area (Å²) in [6, 6.07) is 8.36. The molecule has 0 amide bonds. The van der Waals surface area contributed by atoms with Crippen LogP contribution in [0.5, 0.6) is 0 Å². The Morgan fingerprint density at radius 1 is 1.00 bits per heavy atom. The van der Waals surface area contributed by atoms with Gasteiger partial charge in [-0.05, 0) is 47.9 Å². The number of nitrogens with zero attached hydrogens (tertiary/aromatic N) is 1. The van der Waals surface area contributed by atoms with E-state index in [0.717, 1.165) is 17.2 Å². The summed E-state index contributed by atoms with van der Waals surface area (Å²) in [5, 5.41) is -0.310. The molecule has 1 nitrogen and oxygen atoms in total. The second-order valence-electron chi connectivity index (χ2n) is 5.25. The Labute approximate surface area is 130 Å². The molecule has 0 saturated heterocycles. The molecule has 0 spiro atoms. The van der Waals surface area contributed by atoms with Crippen molar-refractivity contribution < 1.29 is 17.6 Å². The van der Waals surface area contributed by atoms with Crippen LogP contribution in [0, 0.1) is 5.82 Å². The van der Waals surface area contributed by atoms with Crippen LogP contribution < -0.4 is 4.90 Å². The summed E-state index contributed by atoms with van der Waals surface area (Å²) in [7, 11) is 0. The quantitative estimate of drug-likeness (QED) is 0.661. The zero-order chi connectivity index (χ0) is 15.9. The zero-order valence-electron chi connectivity index (χ0n) is 11.4. The highest BCUT2D eigenvalue weighted by Gasteiger charge is 2.33. The summed E-state index contributed by atoms with van der Waals surface area (Å²) < 4.78 is 51.4. The molecule has 0 unspecified atom stereocenters. The van der Waals surface area contributed by atoms with Crippen molar-refractivity contribution in [3.8, 4) is 0 Å². The smallest absolute Gasteiger partial charge is 0.367 e. The van der Waals surface area contributed by atoms with Crippen molar-refractivity contribution in [3.63, 3.8) is 0 Å². The van der Waals surface area contributed by atoms with Crippen molar-refractivity contribution >= 4 is 17.3 Å². The third kappa shape index (κ3) is 2.90. The SMILES string of the molecule is Fc1ccc2c(c1)CCN(c1ccc(C(F)(F)F)c(Cl)c1)C2. The number of alkyl halides is 3. The minimum atomic E-state index is -4.46. The van der Waals surface area contributed by atoms with Crippen LogP contribution in [0.25, 0.3) is 0 Å². The average molecular weight is 330 g/mol. The van der Waals surface area contributed by atoms with Gasteiger partial charge in [-0.25, -0.2) is 4.39 Å². The van der Waals surface area contributed by atoms with E-state index in [2.05, 4.69) is 0 Å². The third-order valence-electron chi connectivity index (χ3n) is 3.80. The van der Waals surface area contributed by atoms with Gasteiger partial charge in [0.2, 0.25) is 0 Å². The fourth-order valence-electron chi connectivity index (χ4n) is 2.67. The van der Waals surface area contributed by atoms with E-state index in [9.17, 15) is 17.6 Å². The molecule has 0 aliphatic carbocycles. The first kappa shape index (κ1) is 15.2. The molecule has 0 bridgehead atoms. The fourth-order valence-corrected chi connectivity index (χ4v) is 2.95. The molecular formula is C16H12ClF4N. The predicted octanol–water partition coefficient (Wildman–Crippen LogP) is 5.06. The van der Waals surface area contributed by atoms with Gasteiger partial charge >= 0.3 is 6.18 Å². The van der Waals surface area contributed by atoms with Gasteiger partial charge in [-0.1, -0.05) is 17.7 Å². The highest BCUT2D eigenvalue weighted by Crippen LogP contribution is 2.37. The monoisotopic (exact) mass is 329 g/mol. The lowest BCUT2D eigenvalue weighted by atomic mass is 9.99. The van der Waals surface area contributed by atoms with Crippen LogP contribution in [-0.4, -0.2) is 6.54 Å². The summed E-state index contributed by atoms with van der Waals surface area (Å²) in [6.45, 7) is 1.13. The maximum Gasteiger partial charge on any atom is 0.417 e. The molecular weight excluding hydrogens is 318 g/mol. The van der Waals surface area contributed by atoms with Gasteiger partial charge in [0.05, 0.1) is 10.6 Å². The van der Waals surface area contributed by atoms with Crippen LogP contribution in [0.2, 0.25) is 5.02 Å². The molecule has 0 radical (unpaired) electrons. The summed E-state index contributed by atoms with van der Waals surface area (Å²) in [5.41, 5.74) is 1.71. The molecule has 3 rings (SSSR count). The second-order valence-corrected chi connectivity index (χ2v) is 5.65. The van der Waals surface area contributed by atoms with E-state index in [1.165, 1.54) is 24.3 Å². The van der Waals surface area contributed by atoms with E-state index in [1.807, 2.05) is 4.90 Å². The molecule has 2 aromatic rings. The molecule has 1 heterocycles. The lowest BCUT2D eigenvalue weighted by Crippen LogP contribution is -2.30. The second kappa shape index (κ2) is 5.47. The van der Waals surface area contributed by atoms with Crippen LogP contribution in [0.4, 0.5) is 23.2 Å². The number of hydrogen-bond donors (Lipinski definition) is 0. The number of benzene rings is 2. The number of hydrogen-bond acceptors (Lipinski definition) is 1. The van der Waals surface area contributed by atoms with Crippen molar-refractivity contribution in [1.82, 2.24) is 0 Å². The van der Waals surface area contributed by atoms with Gasteiger partial charge in [-0.2, -0.15) is 13.2 Å². The van der Waals surface area contributed by atoms with Gasteiger partial charge in [-0.15, -0.1) is 0 Å². The number of fused-ring (bicyclic) bond motifs is 1. The Morgan fingerprint density at radius 3 is 2.45 bits per heavy atom. The van der Waals surface area contributed by atoms with Crippen LogP contribution in [0.3, 0.4) is 0 Å². The highest BCUT2D eigenvalue weighted by atomic mass is 35.5. The van der Waals surface area contributed by atoms with Crippen molar-refractivity contribution in [2.24, 2.45) is 0 Å². The van der Waals surface area contributed by atoms with E-state index in [4.69, 9.17) is 11.6 Å². The van der Waals surface area contributed by atoms with Crippen LogP contribution in [0.15, 0.2) is 36.4 Å². The van der Waals surface area contributed by atoms with Crippen molar-refractivity contribution in [3.05, 3.63) is 63.9 Å². The van der Waals surface area contributed by atoms with E-state index < -0.39 is 11.7 Å². The number of anilines is 1. The molecule has 22 heavy (non-hydrogen) atoms. The maximum atomic E-state index is 13.2. The van der Waals surface area contributed by atoms with Crippen molar-refractivity contribution in [2.45, 2.75) is 19.1 Å². The lowest BCUT2D eigenvalue weighted by molar-refractivity contribution is -0.137. The van der Waals surface area contributed by atoms with Crippen LogP contribution in [-0.2, 0) is 19.1 Å². The van der Waals surface area contributed by atoms with E-state index in [-0.39, 0.29) is 10.8 Å². The summed E-state index contributed by atoms with van der Waals surface area (Å²) >= 11 is 5.76. The standard InChI is InChI=1S/C16H12ClF4N/c17-15-8-13(3-4-14(15)16(19,20)21)22-6-5-10-7-12(18)2-1-11(10)9-22/h1-4,7-8H,5-6,9H2. The zero-order valence-corrected chi connectivity index (χ0v) is 12.2. The topological polar surface area (TPSA) is 3.24 Å². The van der Waals surface area contributed by atoms with Gasteiger partial charge in [0, 0.05) is 18.8 Å². The van der Waals surface area contributed by atoms with E-state index >= 15 is 0 Å². The van der Waals surface area contributed by atoms with Crippen molar-refractivity contribution in [1.29, 1.82) is 0 Å². The molecule has 1 aliphatic rings. The van der Waals surface area contributed by atoms with Gasteiger partial charge in [0.15, 0.2) is 0 Å². The molecule has 0 saturated carbocycles. The summed E-state index contributed by atoms with van der Waals surface area (Å²) in [4.78, 5) is 1.94. The maximum absolute atomic E-state index is 13.2. The Balaban J connectivity index is 1.87. The number of rotatable bonds is 1. The highest BCUT2D eigenvalue weighted by molar-refractivity contribution is 6.31. The molecule has 0 fully saturated rings. The first-order valence-electron chi connectivity index (χ1n) is 6.73. The summed E-state index contributed by atoms with van der Waals surface area (Å²) in [6.07, 6.45) is -3.81. The van der Waals surface area contributed by atoms with Gasteiger partial charge in [0.1, 0.15) is 5.82 Å². The van der Waals surface area contributed by atoms with Gasteiger partial charge in [-0.3, -0.25) is 0 Å². The molecule has 6 heteroatoms. The molecule has 0 N–H and O–H groups in total. The average Bonchev–Trinajstić information content (AvgIpc) is 2.45. The Kier molecular flexibility index (Phi) is 3.77.